The Bertz CT molecular complexity index is 401. The van der Waals surface area contributed by atoms with Crippen LogP contribution in [0.2, 0.25) is 0 Å². The Kier molecular flexibility index (Phi) is 2.93. The van der Waals surface area contributed by atoms with Gasteiger partial charge in [0.1, 0.15) is 0 Å². The molecule has 1 saturated heterocycles. The number of benzene rings is 1. The first kappa shape index (κ1) is 12.2. The molecule has 2 aliphatic rings. The lowest BCUT2D eigenvalue weighted by molar-refractivity contribution is 0.0400. The Balaban J connectivity index is 1.74. The number of nitrogens with zero attached hydrogens (tertiary/aromatic N) is 1. The molecule has 0 spiro atoms. The van der Waals surface area contributed by atoms with E-state index in [9.17, 15) is 0 Å². The molecule has 2 atom stereocenters. The van der Waals surface area contributed by atoms with Gasteiger partial charge in [-0.1, -0.05) is 30.3 Å². The van der Waals surface area contributed by atoms with E-state index in [1.165, 1.54) is 12.0 Å². The van der Waals surface area contributed by atoms with Gasteiger partial charge in [-0.05, 0) is 31.2 Å². The van der Waals surface area contributed by atoms with Crippen LogP contribution >= 0.6 is 0 Å². The van der Waals surface area contributed by atoms with E-state index in [1.807, 2.05) is 0 Å². The van der Waals surface area contributed by atoms with E-state index in [0.29, 0.717) is 0 Å². The minimum Gasteiger partial charge on any atom is -0.324 e. The number of hydrogen-bond donors (Lipinski definition) is 2. The fourth-order valence-corrected chi connectivity index (χ4v) is 3.84. The molecule has 1 aromatic rings. The van der Waals surface area contributed by atoms with Crippen LogP contribution in [0, 0.1) is 0 Å². The predicted octanol–water partition coefficient (Wildman–Crippen LogP) is 1.47. The van der Waals surface area contributed by atoms with Crippen LogP contribution in [0.1, 0.15) is 31.2 Å². The maximum Gasteiger partial charge on any atom is 0.0301 e. The van der Waals surface area contributed by atoms with Crippen LogP contribution < -0.4 is 11.5 Å². The molecule has 1 aromatic carbocycles. The van der Waals surface area contributed by atoms with E-state index < -0.39 is 0 Å². The second kappa shape index (κ2) is 4.34. The Morgan fingerprint density at radius 2 is 1.61 bits per heavy atom. The Labute approximate surface area is 109 Å². The van der Waals surface area contributed by atoms with Crippen molar-refractivity contribution in [2.75, 3.05) is 13.1 Å². The van der Waals surface area contributed by atoms with E-state index >= 15 is 0 Å². The van der Waals surface area contributed by atoms with E-state index in [1.54, 1.807) is 0 Å². The third kappa shape index (κ3) is 2.44. The van der Waals surface area contributed by atoms with Crippen molar-refractivity contribution in [1.82, 2.24) is 4.90 Å². The number of hydrogen-bond acceptors (Lipinski definition) is 3. The average molecular weight is 245 g/mol. The highest BCUT2D eigenvalue weighted by atomic mass is 15.2. The van der Waals surface area contributed by atoms with Crippen LogP contribution in [0.15, 0.2) is 30.3 Å². The zero-order valence-electron chi connectivity index (χ0n) is 10.9. The lowest BCUT2D eigenvalue weighted by Crippen LogP contribution is -2.68. The largest absolute Gasteiger partial charge is 0.324 e. The van der Waals surface area contributed by atoms with Crippen LogP contribution in [0.4, 0.5) is 0 Å². The van der Waals surface area contributed by atoms with Gasteiger partial charge in [0, 0.05) is 30.7 Å². The van der Waals surface area contributed by atoms with Gasteiger partial charge < -0.3 is 11.5 Å². The van der Waals surface area contributed by atoms with Crippen molar-refractivity contribution < 1.29 is 0 Å². The van der Waals surface area contributed by atoms with Gasteiger partial charge in [-0.3, -0.25) is 4.90 Å². The number of fused-ring (bicyclic) bond motifs is 2. The molecule has 3 rings (SSSR count). The van der Waals surface area contributed by atoms with Gasteiger partial charge in [0.2, 0.25) is 0 Å². The van der Waals surface area contributed by atoms with Gasteiger partial charge >= 0.3 is 0 Å². The summed E-state index contributed by atoms with van der Waals surface area (Å²) in [6.07, 6.45) is 4.42. The van der Waals surface area contributed by atoms with E-state index in [2.05, 4.69) is 35.2 Å². The lowest BCUT2D eigenvalue weighted by Gasteiger charge is -2.53. The zero-order chi connectivity index (χ0) is 12.6. The maximum absolute atomic E-state index is 6.51. The molecule has 98 valence electrons. The zero-order valence-corrected chi connectivity index (χ0v) is 10.9. The summed E-state index contributed by atoms with van der Waals surface area (Å²) in [5, 5.41) is 0. The normalized spacial score (nSPS) is 36.6. The summed E-state index contributed by atoms with van der Waals surface area (Å²) in [5.74, 6) is 0. The average Bonchev–Trinajstić information content (AvgIpc) is 2.27. The van der Waals surface area contributed by atoms with Gasteiger partial charge in [-0.15, -0.1) is 0 Å². The summed E-state index contributed by atoms with van der Waals surface area (Å²) in [4.78, 5) is 2.44. The van der Waals surface area contributed by atoms with Crippen molar-refractivity contribution in [2.24, 2.45) is 11.5 Å². The summed E-state index contributed by atoms with van der Waals surface area (Å²) in [6, 6.07) is 10.6. The van der Waals surface area contributed by atoms with Gasteiger partial charge in [-0.25, -0.2) is 0 Å². The van der Waals surface area contributed by atoms with Gasteiger partial charge in [0.05, 0.1) is 0 Å². The van der Waals surface area contributed by atoms with Crippen molar-refractivity contribution in [3.8, 4) is 0 Å². The van der Waals surface area contributed by atoms with Crippen molar-refractivity contribution in [2.45, 2.75) is 43.3 Å². The quantitative estimate of drug-likeness (QED) is 0.829. The molecule has 2 fully saturated rings. The van der Waals surface area contributed by atoms with Crippen LogP contribution in [0.25, 0.3) is 0 Å². The molecular formula is C15H23N3. The summed E-state index contributed by atoms with van der Waals surface area (Å²) in [5.41, 5.74) is 14.3. The summed E-state index contributed by atoms with van der Waals surface area (Å²) < 4.78 is 0. The lowest BCUT2D eigenvalue weighted by atomic mass is 9.68. The second-order valence-corrected chi connectivity index (χ2v) is 6.39. The first-order chi connectivity index (χ1) is 8.57. The van der Waals surface area contributed by atoms with Crippen LogP contribution in [0.3, 0.4) is 0 Å². The number of likely N-dealkylation sites (tertiary alicyclic amines) is 1. The molecule has 0 aromatic heterocycles. The molecule has 2 unspecified atom stereocenters. The molecule has 1 saturated carbocycles. The van der Waals surface area contributed by atoms with Crippen molar-refractivity contribution in [3.63, 3.8) is 0 Å². The fourth-order valence-electron chi connectivity index (χ4n) is 3.84. The smallest absolute Gasteiger partial charge is 0.0301 e. The maximum atomic E-state index is 6.51. The van der Waals surface area contributed by atoms with Gasteiger partial charge in [-0.2, -0.15) is 0 Å². The summed E-state index contributed by atoms with van der Waals surface area (Å²) in [6.45, 7) is 2.94. The topological polar surface area (TPSA) is 55.3 Å². The molecule has 1 heterocycles. The fraction of sp³-hybridized carbons (Fsp3) is 0.600. The Morgan fingerprint density at radius 3 is 2.22 bits per heavy atom. The van der Waals surface area contributed by atoms with Gasteiger partial charge in [0.25, 0.3) is 0 Å². The summed E-state index contributed by atoms with van der Waals surface area (Å²) in [7, 11) is 0. The highest BCUT2D eigenvalue weighted by Gasteiger charge is 2.46. The third-order valence-electron chi connectivity index (χ3n) is 4.38. The minimum absolute atomic E-state index is 0.0555. The summed E-state index contributed by atoms with van der Waals surface area (Å²) >= 11 is 0. The molecule has 4 N–H and O–H groups in total. The Hall–Kier alpha value is -0.900. The van der Waals surface area contributed by atoms with E-state index in [-0.39, 0.29) is 11.1 Å². The highest BCUT2D eigenvalue weighted by molar-refractivity contribution is 5.16. The Morgan fingerprint density at radius 1 is 1.00 bits per heavy atom. The molecular weight excluding hydrogens is 222 g/mol. The predicted molar refractivity (Wildman–Crippen MR) is 74.0 cm³/mol. The monoisotopic (exact) mass is 245 g/mol. The number of piperidine rings is 1. The van der Waals surface area contributed by atoms with Crippen molar-refractivity contribution in [1.29, 1.82) is 0 Å². The second-order valence-electron chi connectivity index (χ2n) is 6.39. The van der Waals surface area contributed by atoms with Gasteiger partial charge in [0.15, 0.2) is 0 Å². The highest BCUT2D eigenvalue weighted by Crippen LogP contribution is 2.37. The third-order valence-corrected chi connectivity index (χ3v) is 4.38. The first-order valence-corrected chi connectivity index (χ1v) is 6.91. The van der Waals surface area contributed by atoms with E-state index in [4.69, 9.17) is 11.5 Å². The SMILES string of the molecule is NC12CCCC(N)(CN(Cc3ccccc3)C1)C2. The molecule has 18 heavy (non-hydrogen) atoms. The van der Waals surface area contributed by atoms with Crippen molar-refractivity contribution >= 4 is 0 Å². The molecule has 0 amide bonds. The number of rotatable bonds is 2. The molecule has 0 radical (unpaired) electrons. The minimum atomic E-state index is -0.0555. The van der Waals surface area contributed by atoms with Crippen LogP contribution in [0.5, 0.6) is 0 Å². The first-order valence-electron chi connectivity index (χ1n) is 6.91. The van der Waals surface area contributed by atoms with E-state index in [0.717, 1.165) is 38.9 Å². The molecule has 1 aliphatic heterocycles. The van der Waals surface area contributed by atoms with Crippen molar-refractivity contribution in [3.05, 3.63) is 35.9 Å². The molecule has 2 bridgehead atoms. The van der Waals surface area contributed by atoms with Crippen LogP contribution in [-0.4, -0.2) is 29.1 Å². The number of nitrogens with two attached hydrogens (primary N) is 2. The molecule has 1 aliphatic carbocycles. The molecule has 3 heteroatoms. The van der Waals surface area contributed by atoms with Crippen LogP contribution in [-0.2, 0) is 6.54 Å². The standard InChI is InChI=1S/C15H23N3/c16-14-7-4-8-15(17,10-14)12-18(11-14)9-13-5-2-1-3-6-13/h1-3,5-6H,4,7-12,16-17H2. The molecule has 3 nitrogen and oxygen atoms in total.